The maximum absolute atomic E-state index is 11.4. The lowest BCUT2D eigenvalue weighted by molar-refractivity contribution is -0.384. The Kier molecular flexibility index (Phi) is 4.19. The molecule has 1 fully saturated rings. The molecule has 2 rings (SSSR count). The molecule has 7 heteroatoms. The molecule has 108 valence electrons. The van der Waals surface area contributed by atoms with Crippen LogP contribution in [0.5, 0.6) is 0 Å². The molecule has 0 spiro atoms. The molecule has 0 saturated heterocycles. The maximum atomic E-state index is 11.4. The fraction of sp³-hybridized carbons (Fsp3) is 0.462. The molecule has 1 aliphatic rings. The van der Waals surface area contributed by atoms with Crippen molar-refractivity contribution >= 4 is 17.3 Å². The normalized spacial score (nSPS) is 15.5. The third kappa shape index (κ3) is 3.24. The van der Waals surface area contributed by atoms with E-state index >= 15 is 0 Å². The molecule has 0 bridgehead atoms. The Hall–Kier alpha value is -2.15. The summed E-state index contributed by atoms with van der Waals surface area (Å²) in [6.07, 6.45) is 1.43. The topological polar surface area (TPSA) is 102 Å². The second-order valence-corrected chi connectivity index (χ2v) is 4.77. The van der Waals surface area contributed by atoms with Crippen molar-refractivity contribution in [2.24, 2.45) is 5.92 Å². The Morgan fingerprint density at radius 3 is 2.85 bits per heavy atom. The van der Waals surface area contributed by atoms with E-state index in [2.05, 4.69) is 10.1 Å². The Balaban J connectivity index is 2.17. The van der Waals surface area contributed by atoms with E-state index in [1.54, 1.807) is 0 Å². The number of nitrogens with zero attached hydrogens (tertiary/aromatic N) is 1. The van der Waals surface area contributed by atoms with Gasteiger partial charge >= 0.3 is 5.97 Å². The fourth-order valence-electron chi connectivity index (χ4n) is 1.94. The van der Waals surface area contributed by atoms with Gasteiger partial charge in [0.2, 0.25) is 0 Å². The van der Waals surface area contributed by atoms with Crippen molar-refractivity contribution in [2.45, 2.75) is 18.9 Å². The summed E-state index contributed by atoms with van der Waals surface area (Å²) in [6.45, 7) is 0.218. The van der Waals surface area contributed by atoms with Crippen LogP contribution in [0.1, 0.15) is 23.2 Å². The number of aliphatic hydroxyl groups excluding tert-OH is 1. The first-order valence-corrected chi connectivity index (χ1v) is 6.31. The number of anilines is 1. The number of ether oxygens (including phenoxy) is 1. The van der Waals surface area contributed by atoms with Crippen LogP contribution < -0.4 is 5.32 Å². The number of hydrogen-bond acceptors (Lipinski definition) is 6. The van der Waals surface area contributed by atoms with Crippen molar-refractivity contribution < 1.29 is 19.6 Å². The molecule has 0 radical (unpaired) electrons. The summed E-state index contributed by atoms with van der Waals surface area (Å²) in [5, 5.41) is 23.6. The summed E-state index contributed by atoms with van der Waals surface area (Å²) in [7, 11) is 1.24. The minimum Gasteiger partial charge on any atom is -0.465 e. The van der Waals surface area contributed by atoms with Crippen LogP contribution in [0.25, 0.3) is 0 Å². The predicted octanol–water partition coefficient (Wildman–Crippen LogP) is 1.56. The van der Waals surface area contributed by atoms with Crippen LogP contribution >= 0.6 is 0 Å². The zero-order valence-corrected chi connectivity index (χ0v) is 11.0. The smallest absolute Gasteiger partial charge is 0.337 e. The van der Waals surface area contributed by atoms with Gasteiger partial charge in [0, 0.05) is 12.6 Å². The van der Waals surface area contributed by atoms with Crippen LogP contribution in [0.3, 0.4) is 0 Å². The number of nitrogens with one attached hydrogen (secondary N) is 1. The summed E-state index contributed by atoms with van der Waals surface area (Å²) in [4.78, 5) is 21.8. The molecule has 0 aliphatic heterocycles. The lowest BCUT2D eigenvalue weighted by Crippen LogP contribution is -2.21. The van der Waals surface area contributed by atoms with Gasteiger partial charge in [-0.05, 0) is 30.9 Å². The monoisotopic (exact) mass is 280 g/mol. The number of aliphatic hydroxyl groups is 1. The van der Waals surface area contributed by atoms with Gasteiger partial charge in [0.15, 0.2) is 0 Å². The zero-order valence-electron chi connectivity index (χ0n) is 11.0. The van der Waals surface area contributed by atoms with E-state index < -0.39 is 17.0 Å². The summed E-state index contributed by atoms with van der Waals surface area (Å²) in [5.74, 6) is -0.295. The third-order valence-corrected chi connectivity index (χ3v) is 3.28. The average molecular weight is 280 g/mol. The summed E-state index contributed by atoms with van der Waals surface area (Å²) < 4.78 is 4.58. The van der Waals surface area contributed by atoms with Crippen molar-refractivity contribution in [1.29, 1.82) is 0 Å². The molecule has 0 amide bonds. The number of nitro benzene ring substituents is 1. The lowest BCUT2D eigenvalue weighted by Gasteiger charge is -2.12. The second kappa shape index (κ2) is 5.87. The summed E-state index contributed by atoms with van der Waals surface area (Å²) in [5.41, 5.74) is 0.291. The van der Waals surface area contributed by atoms with Crippen molar-refractivity contribution in [3.63, 3.8) is 0 Å². The van der Waals surface area contributed by atoms with Crippen LogP contribution in [0.2, 0.25) is 0 Å². The molecule has 20 heavy (non-hydrogen) atoms. The molecule has 1 aromatic carbocycles. The van der Waals surface area contributed by atoms with Gasteiger partial charge in [-0.2, -0.15) is 0 Å². The quantitative estimate of drug-likeness (QED) is 0.466. The van der Waals surface area contributed by atoms with Gasteiger partial charge in [0.05, 0.1) is 23.7 Å². The predicted molar refractivity (Wildman–Crippen MR) is 71.7 cm³/mol. The molecule has 1 aromatic rings. The largest absolute Gasteiger partial charge is 0.465 e. The zero-order chi connectivity index (χ0) is 14.7. The van der Waals surface area contributed by atoms with E-state index in [0.29, 0.717) is 0 Å². The second-order valence-electron chi connectivity index (χ2n) is 4.77. The van der Waals surface area contributed by atoms with Gasteiger partial charge in [0.25, 0.3) is 5.69 Å². The molecule has 7 nitrogen and oxygen atoms in total. The highest BCUT2D eigenvalue weighted by Gasteiger charge is 2.29. The van der Waals surface area contributed by atoms with Crippen LogP contribution in [-0.4, -0.2) is 35.8 Å². The molecule has 0 aromatic heterocycles. The number of benzene rings is 1. The van der Waals surface area contributed by atoms with Gasteiger partial charge < -0.3 is 15.2 Å². The number of carbonyl (C=O) groups excluding carboxylic acids is 1. The van der Waals surface area contributed by atoms with Crippen LogP contribution in [0, 0.1) is 16.0 Å². The van der Waals surface area contributed by atoms with Gasteiger partial charge in [-0.25, -0.2) is 4.79 Å². The number of rotatable bonds is 6. The number of hydrogen-bond donors (Lipinski definition) is 2. The number of esters is 1. The Labute approximate surface area is 115 Å². The fourth-order valence-corrected chi connectivity index (χ4v) is 1.94. The Bertz CT molecular complexity index is 527. The van der Waals surface area contributed by atoms with Crippen molar-refractivity contribution in [3.8, 4) is 0 Å². The molecule has 2 N–H and O–H groups in total. The Morgan fingerprint density at radius 1 is 1.60 bits per heavy atom. The molecular formula is C13H16N2O5. The van der Waals surface area contributed by atoms with E-state index in [1.807, 2.05) is 0 Å². The first-order chi connectivity index (χ1) is 9.52. The minimum atomic E-state index is -0.564. The lowest BCUT2D eigenvalue weighted by atomic mass is 10.1. The van der Waals surface area contributed by atoms with Gasteiger partial charge in [-0.15, -0.1) is 0 Å². The highest BCUT2D eigenvalue weighted by molar-refractivity contribution is 5.91. The molecule has 1 atom stereocenters. The maximum Gasteiger partial charge on any atom is 0.337 e. The van der Waals surface area contributed by atoms with Gasteiger partial charge in [-0.1, -0.05) is 0 Å². The minimum absolute atomic E-state index is 0.138. The molecule has 1 aliphatic carbocycles. The van der Waals surface area contributed by atoms with Crippen LogP contribution in [0.4, 0.5) is 11.4 Å². The molecule has 1 unspecified atom stereocenters. The summed E-state index contributed by atoms with van der Waals surface area (Å²) in [6, 6.07) is 3.95. The Morgan fingerprint density at radius 2 is 2.30 bits per heavy atom. The average Bonchev–Trinajstić information content (AvgIpc) is 3.27. The highest BCUT2D eigenvalue weighted by atomic mass is 16.6. The molecular weight excluding hydrogens is 264 g/mol. The van der Waals surface area contributed by atoms with Crippen molar-refractivity contribution in [3.05, 3.63) is 33.9 Å². The van der Waals surface area contributed by atoms with E-state index in [4.69, 9.17) is 0 Å². The van der Waals surface area contributed by atoms with E-state index in [1.165, 1.54) is 25.3 Å². The first-order valence-electron chi connectivity index (χ1n) is 6.31. The molecule has 0 heterocycles. The van der Waals surface area contributed by atoms with Gasteiger partial charge in [0.1, 0.15) is 5.69 Å². The van der Waals surface area contributed by atoms with Crippen molar-refractivity contribution in [2.75, 3.05) is 19.0 Å². The van der Waals surface area contributed by atoms with E-state index in [9.17, 15) is 20.0 Å². The van der Waals surface area contributed by atoms with Crippen LogP contribution in [0.15, 0.2) is 18.2 Å². The SMILES string of the molecule is COC(=O)c1ccc([N+](=O)[O-])c(NCC(O)C2CC2)c1. The van der Waals surface area contributed by atoms with E-state index in [-0.39, 0.29) is 29.4 Å². The van der Waals surface area contributed by atoms with E-state index in [0.717, 1.165) is 12.8 Å². The number of nitro groups is 1. The standard InChI is InChI=1S/C13H16N2O5/c1-20-13(17)9-4-5-11(15(18)19)10(6-9)14-7-12(16)8-2-3-8/h4-6,8,12,14,16H,2-3,7H2,1H3. The number of carbonyl (C=O) groups is 1. The summed E-state index contributed by atoms with van der Waals surface area (Å²) >= 11 is 0. The van der Waals surface area contributed by atoms with Crippen LogP contribution in [-0.2, 0) is 4.74 Å². The third-order valence-electron chi connectivity index (χ3n) is 3.28. The number of methoxy groups -OCH3 is 1. The van der Waals surface area contributed by atoms with Gasteiger partial charge in [-0.3, -0.25) is 10.1 Å². The first kappa shape index (κ1) is 14.3. The van der Waals surface area contributed by atoms with Crippen molar-refractivity contribution in [1.82, 2.24) is 0 Å². The molecule has 1 saturated carbocycles. The highest BCUT2D eigenvalue weighted by Crippen LogP contribution is 2.33.